The standard InChI is InChI=1S/C18H20N2O4/c1-23-17(21)16(19)11-13-7-9-15(10-8-13)20-18(22)24-12-14-5-3-2-4-6-14/h2-10,16H,11-12,19H2,1H3,(H,20,22). The van der Waals surface area contributed by atoms with Crippen molar-refractivity contribution in [2.75, 3.05) is 12.4 Å². The van der Waals surface area contributed by atoms with Crippen LogP contribution < -0.4 is 11.1 Å². The third kappa shape index (κ3) is 5.40. The number of nitrogens with one attached hydrogen (secondary N) is 1. The average Bonchev–Trinajstić information content (AvgIpc) is 2.61. The van der Waals surface area contributed by atoms with Crippen LogP contribution in [-0.2, 0) is 27.3 Å². The first-order valence-corrected chi connectivity index (χ1v) is 7.48. The van der Waals surface area contributed by atoms with Gasteiger partial charge in [-0.1, -0.05) is 42.5 Å². The number of methoxy groups -OCH3 is 1. The van der Waals surface area contributed by atoms with Gasteiger partial charge in [-0.25, -0.2) is 4.79 Å². The van der Waals surface area contributed by atoms with Crippen LogP contribution in [0.2, 0.25) is 0 Å². The molecule has 0 aliphatic rings. The Morgan fingerprint density at radius 1 is 1.04 bits per heavy atom. The lowest BCUT2D eigenvalue weighted by Gasteiger charge is -2.10. The Bertz CT molecular complexity index is 671. The highest BCUT2D eigenvalue weighted by Crippen LogP contribution is 2.12. The van der Waals surface area contributed by atoms with E-state index in [1.807, 2.05) is 30.3 Å². The predicted octanol–water partition coefficient (Wildman–Crippen LogP) is 2.48. The summed E-state index contributed by atoms with van der Waals surface area (Å²) in [4.78, 5) is 23.1. The molecule has 0 saturated heterocycles. The molecule has 1 unspecified atom stereocenters. The van der Waals surface area contributed by atoms with Crippen molar-refractivity contribution in [2.45, 2.75) is 19.1 Å². The maximum Gasteiger partial charge on any atom is 0.411 e. The van der Waals surface area contributed by atoms with Gasteiger partial charge in [-0.2, -0.15) is 0 Å². The van der Waals surface area contributed by atoms with Crippen molar-refractivity contribution in [1.82, 2.24) is 0 Å². The fraction of sp³-hybridized carbons (Fsp3) is 0.222. The molecule has 0 radical (unpaired) electrons. The Morgan fingerprint density at radius 2 is 1.71 bits per heavy atom. The quantitative estimate of drug-likeness (QED) is 0.795. The van der Waals surface area contributed by atoms with Crippen molar-refractivity contribution in [2.24, 2.45) is 5.73 Å². The third-order valence-corrected chi connectivity index (χ3v) is 3.37. The Balaban J connectivity index is 1.82. The molecule has 0 aliphatic heterocycles. The number of ether oxygens (including phenoxy) is 2. The number of carbonyl (C=O) groups is 2. The van der Waals surface area contributed by atoms with Gasteiger partial charge in [0.05, 0.1) is 7.11 Å². The number of anilines is 1. The van der Waals surface area contributed by atoms with Gasteiger partial charge in [0, 0.05) is 5.69 Å². The van der Waals surface area contributed by atoms with Crippen LogP contribution in [-0.4, -0.2) is 25.2 Å². The maximum absolute atomic E-state index is 11.8. The highest BCUT2D eigenvalue weighted by molar-refractivity contribution is 5.84. The predicted molar refractivity (Wildman–Crippen MR) is 90.4 cm³/mol. The van der Waals surface area contributed by atoms with Gasteiger partial charge in [0.1, 0.15) is 12.6 Å². The van der Waals surface area contributed by atoms with Gasteiger partial charge in [-0.05, 0) is 29.7 Å². The van der Waals surface area contributed by atoms with E-state index in [1.165, 1.54) is 7.11 Å². The number of amides is 1. The van der Waals surface area contributed by atoms with E-state index in [9.17, 15) is 9.59 Å². The van der Waals surface area contributed by atoms with Crippen molar-refractivity contribution in [3.05, 3.63) is 65.7 Å². The highest BCUT2D eigenvalue weighted by atomic mass is 16.5. The minimum absolute atomic E-state index is 0.207. The number of hydrogen-bond donors (Lipinski definition) is 2. The van der Waals surface area contributed by atoms with Crippen LogP contribution in [0.25, 0.3) is 0 Å². The van der Waals surface area contributed by atoms with Gasteiger partial charge in [0.15, 0.2) is 0 Å². The molecular formula is C18H20N2O4. The molecule has 0 aromatic heterocycles. The van der Waals surface area contributed by atoms with Gasteiger partial charge in [-0.15, -0.1) is 0 Å². The molecule has 3 N–H and O–H groups in total. The second kappa shape index (κ2) is 8.69. The normalized spacial score (nSPS) is 11.4. The number of nitrogens with two attached hydrogens (primary N) is 1. The zero-order chi connectivity index (χ0) is 17.4. The number of benzene rings is 2. The molecule has 2 rings (SSSR count). The smallest absolute Gasteiger partial charge is 0.411 e. The van der Waals surface area contributed by atoms with Crippen LogP contribution >= 0.6 is 0 Å². The number of esters is 1. The van der Waals surface area contributed by atoms with E-state index in [1.54, 1.807) is 24.3 Å². The lowest BCUT2D eigenvalue weighted by Crippen LogP contribution is -2.33. The summed E-state index contributed by atoms with van der Waals surface area (Å²) < 4.78 is 9.73. The Labute approximate surface area is 140 Å². The SMILES string of the molecule is COC(=O)C(N)Cc1ccc(NC(=O)OCc2ccccc2)cc1. The van der Waals surface area contributed by atoms with E-state index in [2.05, 4.69) is 10.1 Å². The minimum atomic E-state index is -0.704. The molecule has 1 atom stereocenters. The summed E-state index contributed by atoms with van der Waals surface area (Å²) in [6.45, 7) is 0.207. The van der Waals surface area contributed by atoms with Crippen LogP contribution in [0.4, 0.5) is 10.5 Å². The van der Waals surface area contributed by atoms with Crippen molar-refractivity contribution < 1.29 is 19.1 Å². The molecular weight excluding hydrogens is 308 g/mol. The first kappa shape index (κ1) is 17.5. The van der Waals surface area contributed by atoms with Crippen LogP contribution in [0.5, 0.6) is 0 Å². The van der Waals surface area contributed by atoms with E-state index < -0.39 is 18.1 Å². The summed E-state index contributed by atoms with van der Waals surface area (Å²) in [5.41, 5.74) is 8.10. The number of hydrogen-bond acceptors (Lipinski definition) is 5. The van der Waals surface area contributed by atoms with E-state index in [0.29, 0.717) is 12.1 Å². The average molecular weight is 328 g/mol. The molecule has 24 heavy (non-hydrogen) atoms. The topological polar surface area (TPSA) is 90.6 Å². The number of carbonyl (C=O) groups excluding carboxylic acids is 2. The molecule has 0 saturated carbocycles. The van der Waals surface area contributed by atoms with Gasteiger partial charge in [0.25, 0.3) is 0 Å². The molecule has 6 nitrogen and oxygen atoms in total. The molecule has 0 fully saturated rings. The molecule has 6 heteroatoms. The van der Waals surface area contributed by atoms with Gasteiger partial charge in [0.2, 0.25) is 0 Å². The van der Waals surface area contributed by atoms with Gasteiger partial charge >= 0.3 is 12.1 Å². The summed E-state index contributed by atoms with van der Waals surface area (Å²) >= 11 is 0. The summed E-state index contributed by atoms with van der Waals surface area (Å²) in [5.74, 6) is -0.457. The second-order valence-electron chi connectivity index (χ2n) is 5.22. The summed E-state index contributed by atoms with van der Waals surface area (Å²) in [6.07, 6.45) is -0.163. The molecule has 0 bridgehead atoms. The maximum atomic E-state index is 11.8. The molecule has 0 spiro atoms. The monoisotopic (exact) mass is 328 g/mol. The largest absolute Gasteiger partial charge is 0.468 e. The first-order valence-electron chi connectivity index (χ1n) is 7.48. The summed E-state index contributed by atoms with van der Waals surface area (Å²) in [7, 11) is 1.30. The molecule has 126 valence electrons. The second-order valence-corrected chi connectivity index (χ2v) is 5.22. The Morgan fingerprint density at radius 3 is 2.33 bits per heavy atom. The zero-order valence-corrected chi connectivity index (χ0v) is 13.4. The van der Waals surface area contributed by atoms with Crippen molar-refractivity contribution in [1.29, 1.82) is 0 Å². The molecule has 0 aliphatic carbocycles. The zero-order valence-electron chi connectivity index (χ0n) is 13.4. The Hall–Kier alpha value is -2.86. The first-order chi connectivity index (χ1) is 11.6. The lowest BCUT2D eigenvalue weighted by atomic mass is 10.1. The minimum Gasteiger partial charge on any atom is -0.468 e. The van der Waals surface area contributed by atoms with Crippen LogP contribution in [0.15, 0.2) is 54.6 Å². The van der Waals surface area contributed by atoms with Gasteiger partial charge in [-0.3, -0.25) is 10.1 Å². The molecule has 2 aromatic carbocycles. The molecule has 2 aromatic rings. The lowest BCUT2D eigenvalue weighted by molar-refractivity contribution is -0.142. The molecule has 1 amide bonds. The van der Waals surface area contributed by atoms with Crippen molar-refractivity contribution in [3.63, 3.8) is 0 Å². The van der Waals surface area contributed by atoms with Crippen molar-refractivity contribution >= 4 is 17.7 Å². The Kier molecular flexibility index (Phi) is 6.33. The highest BCUT2D eigenvalue weighted by Gasteiger charge is 2.14. The molecule has 0 heterocycles. The number of rotatable bonds is 6. The fourth-order valence-electron chi connectivity index (χ4n) is 2.09. The third-order valence-electron chi connectivity index (χ3n) is 3.37. The van der Waals surface area contributed by atoms with E-state index in [0.717, 1.165) is 11.1 Å². The van der Waals surface area contributed by atoms with Crippen LogP contribution in [0.1, 0.15) is 11.1 Å². The van der Waals surface area contributed by atoms with Crippen molar-refractivity contribution in [3.8, 4) is 0 Å². The fourth-order valence-corrected chi connectivity index (χ4v) is 2.09. The van der Waals surface area contributed by atoms with E-state index >= 15 is 0 Å². The van der Waals surface area contributed by atoms with Crippen LogP contribution in [0, 0.1) is 0 Å². The van der Waals surface area contributed by atoms with Gasteiger partial charge < -0.3 is 15.2 Å². The summed E-state index contributed by atoms with van der Waals surface area (Å²) in [5, 5.41) is 2.64. The summed E-state index contributed by atoms with van der Waals surface area (Å²) in [6, 6.07) is 15.8. The van der Waals surface area contributed by atoms with E-state index in [4.69, 9.17) is 10.5 Å². The van der Waals surface area contributed by atoms with E-state index in [-0.39, 0.29) is 6.61 Å². The van der Waals surface area contributed by atoms with Crippen LogP contribution in [0.3, 0.4) is 0 Å².